The fraction of sp³-hybridized carbons (Fsp3) is 0. The summed E-state index contributed by atoms with van der Waals surface area (Å²) in [6.45, 7) is 0. The highest BCUT2D eigenvalue weighted by atomic mass is 32.1. The molecule has 11 heavy (non-hydrogen) atoms. The molecule has 0 radical (unpaired) electrons. The number of hydrogen-bond donors (Lipinski definition) is 0. The molecule has 0 N–H and O–H groups in total. The molecule has 0 spiro atoms. The fourth-order valence-corrected chi connectivity index (χ4v) is 1.13. The summed E-state index contributed by atoms with van der Waals surface area (Å²) in [7, 11) is 0. The summed E-state index contributed by atoms with van der Waals surface area (Å²) in [5, 5.41) is 2.62. The number of benzene rings is 2. The van der Waals surface area contributed by atoms with Crippen LogP contribution in [0.4, 0.5) is 0 Å². The Morgan fingerprint density at radius 1 is 0.545 bits per heavy atom. The van der Waals surface area contributed by atoms with Crippen LogP contribution >= 0.6 is 0 Å². The second-order valence-corrected chi connectivity index (χ2v) is 2.35. The molecular weight excluding hydrogens is 152 g/mol. The van der Waals surface area contributed by atoms with Gasteiger partial charge in [-0.25, -0.2) is 0 Å². The van der Waals surface area contributed by atoms with E-state index in [1.165, 1.54) is 10.8 Å². The van der Waals surface area contributed by atoms with E-state index in [1.54, 1.807) is 0 Å². The van der Waals surface area contributed by atoms with Gasteiger partial charge in [0.1, 0.15) is 0 Å². The monoisotopic (exact) mass is 163 g/mol. The average Bonchev–Trinajstić information content (AvgIpc) is 2.05. The SMILES string of the molecule is [SH3+].c1ccc2ccccc2c1. The van der Waals surface area contributed by atoms with E-state index >= 15 is 0 Å². The molecule has 0 bridgehead atoms. The Morgan fingerprint density at radius 3 is 1.09 bits per heavy atom. The molecule has 2 aromatic rings. The van der Waals surface area contributed by atoms with Crippen LogP contribution in [0.3, 0.4) is 0 Å². The van der Waals surface area contributed by atoms with Crippen LogP contribution in [0.2, 0.25) is 0 Å². The molecule has 2 rings (SSSR count). The van der Waals surface area contributed by atoms with Crippen LogP contribution in [0.1, 0.15) is 0 Å². The van der Waals surface area contributed by atoms with E-state index in [0.29, 0.717) is 0 Å². The zero-order valence-corrected chi connectivity index (χ0v) is 7.35. The van der Waals surface area contributed by atoms with E-state index in [0.717, 1.165) is 0 Å². The van der Waals surface area contributed by atoms with Gasteiger partial charge in [0.25, 0.3) is 0 Å². The molecule has 2 aromatic carbocycles. The summed E-state index contributed by atoms with van der Waals surface area (Å²) in [5.41, 5.74) is 0. The Labute approximate surface area is 73.3 Å². The fourth-order valence-electron chi connectivity index (χ4n) is 1.13. The molecular formula is C10H11S+. The summed E-state index contributed by atoms with van der Waals surface area (Å²) >= 11 is 0. The van der Waals surface area contributed by atoms with E-state index in [-0.39, 0.29) is 13.5 Å². The highest BCUT2D eigenvalue weighted by molar-refractivity contribution is 7.37. The van der Waals surface area contributed by atoms with Crippen LogP contribution in [0.25, 0.3) is 10.8 Å². The molecule has 0 atom stereocenters. The molecule has 0 aliphatic carbocycles. The largest absolute Gasteiger partial charge is 0.0616 e. The second-order valence-electron chi connectivity index (χ2n) is 2.35. The molecule has 0 saturated carbocycles. The lowest BCUT2D eigenvalue weighted by atomic mass is 10.1. The minimum atomic E-state index is 0. The minimum absolute atomic E-state index is 0. The van der Waals surface area contributed by atoms with E-state index < -0.39 is 0 Å². The van der Waals surface area contributed by atoms with Gasteiger partial charge in [0.2, 0.25) is 0 Å². The lowest BCUT2D eigenvalue weighted by Crippen LogP contribution is -1.67. The zero-order valence-electron chi connectivity index (χ0n) is 6.20. The van der Waals surface area contributed by atoms with E-state index in [9.17, 15) is 0 Å². The van der Waals surface area contributed by atoms with Gasteiger partial charge >= 0.3 is 0 Å². The molecule has 0 unspecified atom stereocenters. The first-order valence-electron chi connectivity index (χ1n) is 3.40. The van der Waals surface area contributed by atoms with Crippen molar-refractivity contribution in [1.29, 1.82) is 0 Å². The maximum atomic E-state index is 2.12. The van der Waals surface area contributed by atoms with Crippen molar-refractivity contribution in [2.75, 3.05) is 0 Å². The van der Waals surface area contributed by atoms with Crippen LogP contribution < -0.4 is 0 Å². The Hall–Kier alpha value is -0.950. The first-order chi connectivity index (χ1) is 4.97. The maximum Gasteiger partial charge on any atom is -0.0184 e. The normalized spacial score (nSPS) is 9.09. The van der Waals surface area contributed by atoms with Crippen LogP contribution in [-0.2, 0) is 13.5 Å². The van der Waals surface area contributed by atoms with Crippen molar-refractivity contribution in [1.82, 2.24) is 0 Å². The van der Waals surface area contributed by atoms with Gasteiger partial charge in [-0.05, 0) is 10.8 Å². The Balaban J connectivity index is 0.000000605. The first kappa shape index (κ1) is 8.15. The molecule has 0 heterocycles. The van der Waals surface area contributed by atoms with E-state index in [2.05, 4.69) is 48.5 Å². The molecule has 1 heteroatoms. The summed E-state index contributed by atoms with van der Waals surface area (Å²) in [6, 6.07) is 16.7. The summed E-state index contributed by atoms with van der Waals surface area (Å²) in [5.74, 6) is 0. The topological polar surface area (TPSA) is 0 Å². The molecule has 0 amide bonds. The van der Waals surface area contributed by atoms with Crippen LogP contribution in [0, 0.1) is 0 Å². The van der Waals surface area contributed by atoms with Gasteiger partial charge in [0.15, 0.2) is 0 Å². The predicted molar refractivity (Wildman–Crippen MR) is 55.5 cm³/mol. The minimum Gasteiger partial charge on any atom is -0.0616 e. The van der Waals surface area contributed by atoms with Gasteiger partial charge in [0, 0.05) is 0 Å². The summed E-state index contributed by atoms with van der Waals surface area (Å²) in [4.78, 5) is 0. The third-order valence-electron chi connectivity index (χ3n) is 1.66. The molecule has 0 aliphatic heterocycles. The van der Waals surface area contributed by atoms with Crippen molar-refractivity contribution >= 4 is 24.3 Å². The van der Waals surface area contributed by atoms with Gasteiger partial charge < -0.3 is 0 Å². The predicted octanol–water partition coefficient (Wildman–Crippen LogP) is 2.03. The molecule has 0 saturated heterocycles. The van der Waals surface area contributed by atoms with Crippen LogP contribution in [-0.4, -0.2) is 0 Å². The Bertz CT molecular complexity index is 276. The van der Waals surface area contributed by atoms with Crippen molar-refractivity contribution in [2.45, 2.75) is 0 Å². The molecule has 0 aromatic heterocycles. The van der Waals surface area contributed by atoms with Gasteiger partial charge in [0.05, 0.1) is 0 Å². The van der Waals surface area contributed by atoms with Crippen LogP contribution in [0.5, 0.6) is 0 Å². The van der Waals surface area contributed by atoms with Crippen molar-refractivity contribution in [3.8, 4) is 0 Å². The summed E-state index contributed by atoms with van der Waals surface area (Å²) < 4.78 is 0. The maximum absolute atomic E-state index is 2.12. The molecule has 0 aliphatic rings. The summed E-state index contributed by atoms with van der Waals surface area (Å²) in [6.07, 6.45) is 0. The van der Waals surface area contributed by atoms with Crippen molar-refractivity contribution < 1.29 is 0 Å². The standard InChI is InChI=1S/C10H8.H2S/c1-2-6-10-8-4-3-7-9(10)5-1;/h1-8H;1H2/p+1. The van der Waals surface area contributed by atoms with Crippen molar-refractivity contribution in [3.63, 3.8) is 0 Å². The number of rotatable bonds is 0. The van der Waals surface area contributed by atoms with Crippen LogP contribution in [0.15, 0.2) is 48.5 Å². The van der Waals surface area contributed by atoms with E-state index in [1.807, 2.05) is 0 Å². The van der Waals surface area contributed by atoms with Gasteiger partial charge in [-0.15, -0.1) is 0 Å². The number of hydrogen-bond acceptors (Lipinski definition) is 0. The lowest BCUT2D eigenvalue weighted by Gasteiger charge is -1.92. The van der Waals surface area contributed by atoms with Gasteiger partial charge in [-0.1, -0.05) is 62.0 Å². The highest BCUT2D eigenvalue weighted by Gasteiger charge is 1.85. The third-order valence-corrected chi connectivity index (χ3v) is 1.66. The van der Waals surface area contributed by atoms with Gasteiger partial charge in [-0.3, -0.25) is 0 Å². The molecule has 0 nitrogen and oxygen atoms in total. The smallest absolute Gasteiger partial charge is 0.0184 e. The molecule has 56 valence electrons. The quantitative estimate of drug-likeness (QED) is 0.521. The molecule has 0 fully saturated rings. The third kappa shape index (κ3) is 1.55. The second kappa shape index (κ2) is 3.44. The van der Waals surface area contributed by atoms with Gasteiger partial charge in [-0.2, -0.15) is 0 Å². The zero-order chi connectivity index (χ0) is 6.81. The average molecular weight is 163 g/mol. The number of fused-ring (bicyclic) bond motifs is 1. The van der Waals surface area contributed by atoms with Crippen molar-refractivity contribution in [3.05, 3.63) is 48.5 Å². The lowest BCUT2D eigenvalue weighted by molar-refractivity contribution is 1.75. The van der Waals surface area contributed by atoms with E-state index in [4.69, 9.17) is 0 Å². The first-order valence-corrected chi connectivity index (χ1v) is 3.40. The Kier molecular flexibility index (Phi) is 2.55. The Morgan fingerprint density at radius 2 is 0.818 bits per heavy atom. The van der Waals surface area contributed by atoms with Crippen molar-refractivity contribution in [2.24, 2.45) is 0 Å². The highest BCUT2D eigenvalue weighted by Crippen LogP contribution is 2.11.